The number of nitrogens with one attached hydrogen (secondary N) is 1. The number of nitrogens with zero attached hydrogens (tertiary/aromatic N) is 1. The zero-order chi connectivity index (χ0) is 13.1. The second-order valence-corrected chi connectivity index (χ2v) is 6.35. The van der Waals surface area contributed by atoms with Crippen molar-refractivity contribution in [2.24, 2.45) is 0 Å². The highest BCUT2D eigenvalue weighted by Crippen LogP contribution is 2.26. The summed E-state index contributed by atoms with van der Waals surface area (Å²) < 4.78 is 0. The molecule has 1 aromatic carbocycles. The van der Waals surface area contributed by atoms with Crippen molar-refractivity contribution in [1.29, 1.82) is 0 Å². The topological polar surface area (TPSA) is 24.9 Å². The molecule has 1 atom stereocenters. The molecule has 1 saturated carbocycles. The average Bonchev–Trinajstić information content (AvgIpc) is 3.11. The van der Waals surface area contributed by atoms with E-state index in [0.29, 0.717) is 5.92 Å². The molecule has 100 valence electrons. The van der Waals surface area contributed by atoms with Crippen molar-refractivity contribution in [3.63, 3.8) is 0 Å². The highest BCUT2D eigenvalue weighted by atomic mass is 32.1. The molecule has 2 nitrogen and oxygen atoms in total. The summed E-state index contributed by atoms with van der Waals surface area (Å²) in [7, 11) is 0. The molecule has 0 amide bonds. The predicted molar refractivity (Wildman–Crippen MR) is 80.8 cm³/mol. The lowest BCUT2D eigenvalue weighted by Crippen LogP contribution is -2.25. The van der Waals surface area contributed by atoms with Crippen molar-refractivity contribution in [3.05, 3.63) is 52.0 Å². The summed E-state index contributed by atoms with van der Waals surface area (Å²) in [4.78, 5) is 4.44. The van der Waals surface area contributed by atoms with Gasteiger partial charge in [0.15, 0.2) is 0 Å². The first-order chi connectivity index (χ1) is 9.33. The molecule has 0 saturated heterocycles. The Balaban J connectivity index is 1.76. The van der Waals surface area contributed by atoms with Crippen molar-refractivity contribution in [1.82, 2.24) is 10.3 Å². The van der Waals surface area contributed by atoms with E-state index in [2.05, 4.69) is 46.9 Å². The molecule has 1 aliphatic rings. The average molecular weight is 272 g/mol. The minimum atomic E-state index is 0.535. The van der Waals surface area contributed by atoms with Crippen LogP contribution in [0.4, 0.5) is 0 Å². The van der Waals surface area contributed by atoms with Gasteiger partial charge in [0.25, 0.3) is 0 Å². The Bertz CT molecular complexity index is 517. The van der Waals surface area contributed by atoms with Crippen LogP contribution in [-0.2, 0) is 6.42 Å². The second kappa shape index (κ2) is 5.85. The highest BCUT2D eigenvalue weighted by molar-refractivity contribution is 7.09. The maximum absolute atomic E-state index is 4.44. The second-order valence-electron chi connectivity index (χ2n) is 5.37. The lowest BCUT2D eigenvalue weighted by atomic mass is 9.92. The van der Waals surface area contributed by atoms with E-state index in [1.807, 2.05) is 6.20 Å². The van der Waals surface area contributed by atoms with Gasteiger partial charge in [0.05, 0.1) is 5.01 Å². The fourth-order valence-corrected chi connectivity index (χ4v) is 3.20. The minimum absolute atomic E-state index is 0.535. The van der Waals surface area contributed by atoms with E-state index in [-0.39, 0.29) is 0 Å². The zero-order valence-corrected chi connectivity index (χ0v) is 12.1. The Kier molecular flexibility index (Phi) is 3.95. The fraction of sp³-hybridized carbons (Fsp3) is 0.438. The van der Waals surface area contributed by atoms with Gasteiger partial charge >= 0.3 is 0 Å². The van der Waals surface area contributed by atoms with Crippen LogP contribution in [0.3, 0.4) is 0 Å². The molecular weight excluding hydrogens is 252 g/mol. The number of hydrogen-bond acceptors (Lipinski definition) is 3. The van der Waals surface area contributed by atoms with E-state index in [9.17, 15) is 0 Å². The Labute approximate surface area is 118 Å². The third-order valence-electron chi connectivity index (χ3n) is 3.76. The van der Waals surface area contributed by atoms with Crippen LogP contribution in [0, 0.1) is 6.92 Å². The molecule has 0 spiro atoms. The van der Waals surface area contributed by atoms with E-state index in [0.717, 1.165) is 19.0 Å². The van der Waals surface area contributed by atoms with Crippen LogP contribution in [0.25, 0.3) is 0 Å². The molecule has 3 heteroatoms. The van der Waals surface area contributed by atoms with Crippen LogP contribution in [-0.4, -0.2) is 17.6 Å². The molecule has 1 aliphatic carbocycles. The van der Waals surface area contributed by atoms with E-state index in [1.54, 1.807) is 11.3 Å². The fourth-order valence-electron chi connectivity index (χ4n) is 2.50. The van der Waals surface area contributed by atoms with Crippen molar-refractivity contribution in [2.75, 3.05) is 6.54 Å². The molecule has 0 bridgehead atoms. The summed E-state index contributed by atoms with van der Waals surface area (Å²) in [6, 6.07) is 9.51. The molecule has 0 radical (unpaired) electrons. The highest BCUT2D eigenvalue weighted by Gasteiger charge is 2.23. The van der Waals surface area contributed by atoms with Crippen molar-refractivity contribution < 1.29 is 0 Å². The molecule has 1 fully saturated rings. The molecule has 2 aromatic rings. The van der Waals surface area contributed by atoms with Gasteiger partial charge in [0.1, 0.15) is 0 Å². The lowest BCUT2D eigenvalue weighted by molar-refractivity contribution is 0.574. The first kappa shape index (κ1) is 12.8. The molecule has 3 rings (SSSR count). The Morgan fingerprint density at radius 1 is 1.37 bits per heavy atom. The number of rotatable bonds is 6. The Morgan fingerprint density at radius 3 is 2.89 bits per heavy atom. The quantitative estimate of drug-likeness (QED) is 0.870. The largest absolute Gasteiger partial charge is 0.313 e. The molecule has 19 heavy (non-hydrogen) atoms. The summed E-state index contributed by atoms with van der Waals surface area (Å²) >= 11 is 1.76. The molecule has 1 N–H and O–H groups in total. The number of aryl methyl sites for hydroxylation is 1. The van der Waals surface area contributed by atoms with Crippen LogP contribution in [0.2, 0.25) is 0 Å². The normalized spacial score (nSPS) is 16.5. The van der Waals surface area contributed by atoms with Crippen LogP contribution in [0.15, 0.2) is 35.8 Å². The predicted octanol–water partition coefficient (Wildman–Crippen LogP) is 3.53. The summed E-state index contributed by atoms with van der Waals surface area (Å²) in [6.45, 7) is 3.27. The minimum Gasteiger partial charge on any atom is -0.313 e. The lowest BCUT2D eigenvalue weighted by Gasteiger charge is -2.19. The van der Waals surface area contributed by atoms with Crippen LogP contribution in [0.5, 0.6) is 0 Å². The summed E-state index contributed by atoms with van der Waals surface area (Å²) in [5, 5.41) is 6.98. The zero-order valence-electron chi connectivity index (χ0n) is 11.3. The number of benzene rings is 1. The van der Waals surface area contributed by atoms with Crippen molar-refractivity contribution in [2.45, 2.75) is 38.1 Å². The van der Waals surface area contributed by atoms with Gasteiger partial charge in [-0.1, -0.05) is 24.3 Å². The standard InChI is InChI=1S/C16H20N2S/c1-12-4-2-3-5-15(12)13(11-18-14-6-7-14)10-16-17-8-9-19-16/h2-5,8-9,13-14,18H,6-7,10-11H2,1H3. The van der Waals surface area contributed by atoms with E-state index >= 15 is 0 Å². The van der Waals surface area contributed by atoms with Crippen LogP contribution in [0.1, 0.15) is 34.9 Å². The molecule has 1 unspecified atom stereocenters. The smallest absolute Gasteiger partial charge is 0.0931 e. The van der Waals surface area contributed by atoms with Gasteiger partial charge in [-0.05, 0) is 30.9 Å². The number of hydrogen-bond donors (Lipinski definition) is 1. The van der Waals surface area contributed by atoms with Gasteiger partial charge in [0.2, 0.25) is 0 Å². The molecular formula is C16H20N2S. The monoisotopic (exact) mass is 272 g/mol. The molecule has 1 aromatic heterocycles. The number of thiazole rings is 1. The van der Waals surface area contributed by atoms with Crippen LogP contribution >= 0.6 is 11.3 Å². The molecule has 1 heterocycles. The Morgan fingerprint density at radius 2 is 2.21 bits per heavy atom. The summed E-state index contributed by atoms with van der Waals surface area (Å²) in [5.74, 6) is 0.535. The van der Waals surface area contributed by atoms with Gasteiger partial charge in [-0.2, -0.15) is 0 Å². The summed E-state index contributed by atoms with van der Waals surface area (Å²) in [5.41, 5.74) is 2.85. The maximum Gasteiger partial charge on any atom is 0.0931 e. The van der Waals surface area contributed by atoms with E-state index in [4.69, 9.17) is 0 Å². The third kappa shape index (κ3) is 3.43. The third-order valence-corrected chi connectivity index (χ3v) is 4.56. The Hall–Kier alpha value is -1.19. The first-order valence-corrected chi connectivity index (χ1v) is 7.88. The van der Waals surface area contributed by atoms with E-state index < -0.39 is 0 Å². The number of aromatic nitrogens is 1. The van der Waals surface area contributed by atoms with Gasteiger partial charge < -0.3 is 5.32 Å². The summed E-state index contributed by atoms with van der Waals surface area (Å²) in [6.07, 6.45) is 5.64. The maximum atomic E-state index is 4.44. The van der Waals surface area contributed by atoms with Gasteiger partial charge in [-0.25, -0.2) is 4.98 Å². The SMILES string of the molecule is Cc1ccccc1C(CNC1CC1)Cc1nccs1. The van der Waals surface area contributed by atoms with Gasteiger partial charge in [0, 0.05) is 36.5 Å². The van der Waals surface area contributed by atoms with E-state index in [1.165, 1.54) is 29.0 Å². The molecule has 0 aliphatic heterocycles. The van der Waals surface area contributed by atoms with Crippen molar-refractivity contribution >= 4 is 11.3 Å². The van der Waals surface area contributed by atoms with Gasteiger partial charge in [-0.15, -0.1) is 11.3 Å². The van der Waals surface area contributed by atoms with Gasteiger partial charge in [-0.3, -0.25) is 0 Å². The van der Waals surface area contributed by atoms with Crippen LogP contribution < -0.4 is 5.32 Å². The first-order valence-electron chi connectivity index (χ1n) is 7.00. The van der Waals surface area contributed by atoms with Crippen molar-refractivity contribution in [3.8, 4) is 0 Å².